The molecular weight excluding hydrogens is 344 g/mol. The number of benzene rings is 2. The molecule has 0 aromatic heterocycles. The van der Waals surface area contributed by atoms with E-state index in [1.165, 1.54) is 13.2 Å². The number of hydrogen-bond acceptors (Lipinski definition) is 4. The second kappa shape index (κ2) is 8.63. The molecule has 26 heavy (non-hydrogen) atoms. The van der Waals surface area contributed by atoms with Gasteiger partial charge < -0.3 is 9.16 Å². The quantitative estimate of drug-likeness (QED) is 0.463. The van der Waals surface area contributed by atoms with Gasteiger partial charge >= 0.3 is 21.0 Å². The van der Waals surface area contributed by atoms with E-state index < -0.39 is 26.4 Å². The van der Waals surface area contributed by atoms with E-state index in [-0.39, 0.29) is 5.57 Å². The van der Waals surface area contributed by atoms with Crippen LogP contribution < -0.4 is 10.4 Å². The predicted octanol–water partition coefficient (Wildman–Crippen LogP) is 2.48. The number of methoxy groups -OCH3 is 1. The van der Waals surface area contributed by atoms with Gasteiger partial charge in [-0.3, -0.25) is 0 Å². The first kappa shape index (κ1) is 19.7. The molecule has 0 amide bonds. The van der Waals surface area contributed by atoms with Gasteiger partial charge in [0.15, 0.2) is 0 Å². The van der Waals surface area contributed by atoms with Crippen LogP contribution in [-0.4, -0.2) is 28.1 Å². The maximum absolute atomic E-state index is 12.6. The lowest BCUT2D eigenvalue weighted by atomic mass is 9.86. The van der Waals surface area contributed by atoms with Gasteiger partial charge in [-0.05, 0) is 15.8 Å². The Kier molecular flexibility index (Phi) is 6.52. The molecule has 0 saturated heterocycles. The summed E-state index contributed by atoms with van der Waals surface area (Å²) >= 11 is 0. The Morgan fingerprint density at radius 2 is 1.35 bits per heavy atom. The fraction of sp³-hybridized carbons (Fsp3) is 0.238. The highest BCUT2D eigenvalue weighted by Gasteiger charge is 2.28. The molecule has 0 spiro atoms. The average Bonchev–Trinajstić information content (AvgIpc) is 2.64. The van der Waals surface area contributed by atoms with E-state index in [1.807, 2.05) is 81.4 Å². The van der Waals surface area contributed by atoms with Crippen molar-refractivity contribution in [3.63, 3.8) is 0 Å². The smallest absolute Gasteiger partial charge is 0.356 e. The lowest BCUT2D eigenvalue weighted by Crippen LogP contribution is -2.46. The SMILES string of the molecule is COC(=O)/C(=C\C(=O)O[Si](c1ccccc1)c1ccccc1)C(C)(C)C. The Balaban J connectivity index is 2.35. The first-order valence-electron chi connectivity index (χ1n) is 8.33. The molecule has 2 aromatic rings. The van der Waals surface area contributed by atoms with Crippen molar-refractivity contribution < 1.29 is 18.8 Å². The summed E-state index contributed by atoms with van der Waals surface area (Å²) in [5.41, 5.74) is -0.245. The van der Waals surface area contributed by atoms with Crippen LogP contribution in [0.3, 0.4) is 0 Å². The van der Waals surface area contributed by atoms with Crippen molar-refractivity contribution in [1.29, 1.82) is 0 Å². The van der Waals surface area contributed by atoms with Gasteiger partial charge in [0.2, 0.25) is 0 Å². The van der Waals surface area contributed by atoms with E-state index in [2.05, 4.69) is 0 Å². The van der Waals surface area contributed by atoms with Crippen molar-refractivity contribution in [3.05, 3.63) is 72.3 Å². The van der Waals surface area contributed by atoms with Gasteiger partial charge in [-0.2, -0.15) is 0 Å². The molecule has 1 radical (unpaired) electrons. The maximum Gasteiger partial charge on any atom is 0.356 e. The minimum absolute atomic E-state index is 0.285. The Bertz CT molecular complexity index is 737. The topological polar surface area (TPSA) is 52.6 Å². The van der Waals surface area contributed by atoms with Crippen molar-refractivity contribution in [2.24, 2.45) is 5.41 Å². The summed E-state index contributed by atoms with van der Waals surface area (Å²) in [4.78, 5) is 24.6. The summed E-state index contributed by atoms with van der Waals surface area (Å²) in [6.45, 7) is 5.55. The molecular formula is C21H23O4Si. The average molecular weight is 367 g/mol. The molecule has 0 N–H and O–H groups in total. The lowest BCUT2D eigenvalue weighted by Gasteiger charge is -2.21. The molecule has 0 atom stereocenters. The molecule has 2 rings (SSSR count). The summed E-state index contributed by atoms with van der Waals surface area (Å²) in [6.07, 6.45) is 1.25. The van der Waals surface area contributed by atoms with Crippen LogP contribution in [0, 0.1) is 5.41 Å². The molecule has 135 valence electrons. The molecule has 0 saturated carbocycles. The molecule has 0 aliphatic rings. The first-order valence-corrected chi connectivity index (χ1v) is 9.74. The second-order valence-electron chi connectivity index (χ2n) is 6.78. The Labute approximate surface area is 156 Å². The van der Waals surface area contributed by atoms with Crippen LogP contribution in [-0.2, 0) is 18.8 Å². The van der Waals surface area contributed by atoms with Crippen molar-refractivity contribution in [2.45, 2.75) is 20.8 Å². The Morgan fingerprint density at radius 1 is 0.885 bits per heavy atom. The molecule has 0 bridgehead atoms. The zero-order valence-corrected chi connectivity index (χ0v) is 16.5. The van der Waals surface area contributed by atoms with Gasteiger partial charge in [0.25, 0.3) is 0 Å². The minimum atomic E-state index is -1.77. The van der Waals surface area contributed by atoms with Gasteiger partial charge in [-0.1, -0.05) is 81.4 Å². The molecule has 5 heteroatoms. The third-order valence-corrected chi connectivity index (χ3v) is 5.87. The number of carbonyl (C=O) groups is 2. The van der Waals surface area contributed by atoms with Crippen LogP contribution in [0.25, 0.3) is 0 Å². The van der Waals surface area contributed by atoms with Crippen molar-refractivity contribution in [2.75, 3.05) is 7.11 Å². The Morgan fingerprint density at radius 3 is 1.73 bits per heavy atom. The van der Waals surface area contributed by atoms with Gasteiger partial charge in [-0.25, -0.2) is 9.59 Å². The number of carbonyl (C=O) groups excluding carboxylic acids is 2. The third kappa shape index (κ3) is 5.16. The third-order valence-electron chi connectivity index (χ3n) is 3.75. The second-order valence-corrected chi connectivity index (χ2v) is 8.80. The van der Waals surface area contributed by atoms with Crippen molar-refractivity contribution in [3.8, 4) is 0 Å². The standard InChI is InChI=1S/C21H23O4Si/c1-21(2,3)18(20(23)24-4)15-19(22)25-26(16-11-7-5-8-12-16)17-13-9-6-10-14-17/h5-15H,1-4H3/b18-15+. The lowest BCUT2D eigenvalue weighted by molar-refractivity contribution is -0.138. The molecule has 0 aliphatic carbocycles. The molecule has 0 aliphatic heterocycles. The zero-order valence-electron chi connectivity index (χ0n) is 15.5. The Hall–Kier alpha value is -2.66. The highest BCUT2D eigenvalue weighted by atomic mass is 28.3. The highest BCUT2D eigenvalue weighted by molar-refractivity contribution is 6.81. The summed E-state index contributed by atoms with van der Waals surface area (Å²) < 4.78 is 10.6. The summed E-state index contributed by atoms with van der Waals surface area (Å²) in [6, 6.07) is 19.3. The fourth-order valence-electron chi connectivity index (χ4n) is 2.40. The van der Waals surface area contributed by atoms with E-state index in [9.17, 15) is 9.59 Å². The largest absolute Gasteiger partial charge is 0.505 e. The number of esters is 1. The first-order chi connectivity index (χ1) is 12.3. The van der Waals surface area contributed by atoms with Gasteiger partial charge in [0.1, 0.15) is 0 Å². The van der Waals surface area contributed by atoms with Crippen LogP contribution in [0.2, 0.25) is 0 Å². The van der Waals surface area contributed by atoms with Crippen LogP contribution in [0.5, 0.6) is 0 Å². The zero-order chi connectivity index (χ0) is 19.2. The minimum Gasteiger partial charge on any atom is -0.505 e. The number of ether oxygens (including phenoxy) is 1. The molecule has 4 nitrogen and oxygen atoms in total. The van der Waals surface area contributed by atoms with E-state index in [0.717, 1.165) is 10.4 Å². The summed E-state index contributed by atoms with van der Waals surface area (Å²) in [5, 5.41) is 1.92. The summed E-state index contributed by atoms with van der Waals surface area (Å²) in [5.74, 6) is -1.07. The number of hydrogen-bond donors (Lipinski definition) is 0. The van der Waals surface area contributed by atoms with Crippen LogP contribution in [0.4, 0.5) is 0 Å². The van der Waals surface area contributed by atoms with Gasteiger partial charge in [-0.15, -0.1) is 0 Å². The van der Waals surface area contributed by atoms with E-state index in [1.54, 1.807) is 0 Å². The predicted molar refractivity (Wildman–Crippen MR) is 104 cm³/mol. The van der Waals surface area contributed by atoms with E-state index in [0.29, 0.717) is 0 Å². The normalized spacial score (nSPS) is 12.0. The molecule has 0 heterocycles. The molecule has 0 unspecified atom stereocenters. The fourth-order valence-corrected chi connectivity index (χ4v) is 4.22. The van der Waals surface area contributed by atoms with Crippen LogP contribution in [0.1, 0.15) is 20.8 Å². The number of rotatable bonds is 5. The van der Waals surface area contributed by atoms with E-state index >= 15 is 0 Å². The van der Waals surface area contributed by atoms with Gasteiger partial charge in [0, 0.05) is 11.6 Å². The summed E-state index contributed by atoms with van der Waals surface area (Å²) in [7, 11) is -0.465. The highest BCUT2D eigenvalue weighted by Crippen LogP contribution is 2.26. The van der Waals surface area contributed by atoms with Gasteiger partial charge in [0.05, 0.1) is 7.11 Å². The molecule has 2 aromatic carbocycles. The van der Waals surface area contributed by atoms with Crippen LogP contribution in [0.15, 0.2) is 72.3 Å². The van der Waals surface area contributed by atoms with Crippen molar-refractivity contribution in [1.82, 2.24) is 0 Å². The van der Waals surface area contributed by atoms with Crippen molar-refractivity contribution >= 4 is 31.4 Å². The molecule has 0 fully saturated rings. The van der Waals surface area contributed by atoms with E-state index in [4.69, 9.17) is 9.16 Å². The monoisotopic (exact) mass is 367 g/mol. The maximum atomic E-state index is 12.6. The van der Waals surface area contributed by atoms with Crippen LogP contribution >= 0.6 is 0 Å².